The van der Waals surface area contributed by atoms with Crippen LogP contribution in [-0.4, -0.2) is 11.7 Å². The Bertz CT molecular complexity index is 685. The lowest BCUT2D eigenvalue weighted by Crippen LogP contribution is -2.12. The number of benzene rings is 2. The molecular weight excluding hydrogens is 342 g/mol. The maximum Gasteiger partial charge on any atom is 0.257 e. The Morgan fingerprint density at radius 3 is 2.55 bits per heavy atom. The number of hydrogen-bond donors (Lipinski definition) is 1. The summed E-state index contributed by atoms with van der Waals surface area (Å²) in [6.07, 6.45) is 0. The molecule has 102 valence electrons. The van der Waals surface area contributed by atoms with E-state index >= 15 is 0 Å². The molecule has 2 aromatic rings. The molecule has 0 saturated carbocycles. The van der Waals surface area contributed by atoms with Crippen LogP contribution in [-0.2, 0) is 0 Å². The molecule has 0 aliphatic carbocycles. The number of carbonyl (C=O) groups excluding carboxylic acids is 2. The number of amides is 1. The van der Waals surface area contributed by atoms with Crippen molar-refractivity contribution in [1.82, 2.24) is 0 Å². The van der Waals surface area contributed by atoms with Crippen molar-refractivity contribution in [3.8, 4) is 0 Å². The summed E-state index contributed by atoms with van der Waals surface area (Å²) >= 11 is 9.31. The molecule has 5 heteroatoms. The number of anilines is 1. The topological polar surface area (TPSA) is 46.2 Å². The molecule has 1 amide bonds. The average Bonchev–Trinajstić information content (AvgIpc) is 2.38. The van der Waals surface area contributed by atoms with E-state index in [0.29, 0.717) is 21.8 Å². The quantitative estimate of drug-likeness (QED) is 0.823. The molecule has 0 heterocycles. The van der Waals surface area contributed by atoms with Crippen LogP contribution in [0.15, 0.2) is 46.9 Å². The van der Waals surface area contributed by atoms with Gasteiger partial charge in [0.25, 0.3) is 5.91 Å². The average molecular weight is 353 g/mol. The molecule has 2 rings (SSSR count). The van der Waals surface area contributed by atoms with Gasteiger partial charge in [-0.2, -0.15) is 0 Å². The van der Waals surface area contributed by atoms with Crippen LogP contribution in [0.4, 0.5) is 5.69 Å². The minimum absolute atomic E-state index is 0.0530. The van der Waals surface area contributed by atoms with Crippen molar-refractivity contribution in [2.75, 3.05) is 5.32 Å². The minimum Gasteiger partial charge on any atom is -0.322 e. The van der Waals surface area contributed by atoms with Crippen LogP contribution in [0.3, 0.4) is 0 Å². The summed E-state index contributed by atoms with van der Waals surface area (Å²) < 4.78 is 0.803. The predicted molar refractivity (Wildman–Crippen MR) is 83.6 cm³/mol. The van der Waals surface area contributed by atoms with Gasteiger partial charge in [0.15, 0.2) is 5.78 Å². The lowest BCUT2D eigenvalue weighted by Gasteiger charge is -2.08. The van der Waals surface area contributed by atoms with E-state index in [9.17, 15) is 9.59 Å². The molecule has 0 atom stereocenters. The first-order valence-corrected chi connectivity index (χ1v) is 7.02. The molecule has 1 N–H and O–H groups in total. The first-order chi connectivity index (χ1) is 9.47. The second kappa shape index (κ2) is 6.20. The standard InChI is InChI=1S/C15H11BrClNO2/c1-9(19)10-3-2-4-12(7-10)18-15(20)13-6-5-11(16)8-14(13)17/h2-8H,1H3,(H,18,20). The number of hydrogen-bond acceptors (Lipinski definition) is 2. The number of ketones is 1. The second-order valence-electron chi connectivity index (χ2n) is 4.22. The van der Waals surface area contributed by atoms with Crippen LogP contribution in [0.1, 0.15) is 27.6 Å². The fourth-order valence-corrected chi connectivity index (χ4v) is 2.45. The SMILES string of the molecule is CC(=O)c1cccc(NC(=O)c2ccc(Br)cc2Cl)c1. The number of Topliss-reactive ketones (excluding diaryl/α,β-unsaturated/α-hetero) is 1. The van der Waals surface area contributed by atoms with Gasteiger partial charge in [-0.05, 0) is 37.3 Å². The zero-order valence-corrected chi connectivity index (χ0v) is 13.0. The highest BCUT2D eigenvalue weighted by molar-refractivity contribution is 9.10. The van der Waals surface area contributed by atoms with Crippen molar-refractivity contribution in [1.29, 1.82) is 0 Å². The van der Waals surface area contributed by atoms with Crippen molar-refractivity contribution in [3.05, 3.63) is 63.1 Å². The van der Waals surface area contributed by atoms with Crippen molar-refractivity contribution in [2.45, 2.75) is 6.92 Å². The molecule has 0 fully saturated rings. The minimum atomic E-state index is -0.316. The molecule has 0 saturated heterocycles. The summed E-state index contributed by atoms with van der Waals surface area (Å²) in [5.74, 6) is -0.369. The summed E-state index contributed by atoms with van der Waals surface area (Å²) in [4.78, 5) is 23.4. The van der Waals surface area contributed by atoms with Crippen molar-refractivity contribution >= 4 is 44.9 Å². The van der Waals surface area contributed by atoms with E-state index in [1.54, 1.807) is 42.5 Å². The molecule has 0 aliphatic heterocycles. The fourth-order valence-electron chi connectivity index (χ4n) is 1.69. The number of halogens is 2. The molecule has 0 aliphatic rings. The normalized spacial score (nSPS) is 10.2. The Hall–Kier alpha value is -1.65. The van der Waals surface area contributed by atoms with Gasteiger partial charge < -0.3 is 5.32 Å². The Labute approximate surface area is 130 Å². The smallest absolute Gasteiger partial charge is 0.257 e. The van der Waals surface area contributed by atoms with Gasteiger partial charge in [-0.25, -0.2) is 0 Å². The lowest BCUT2D eigenvalue weighted by atomic mass is 10.1. The first-order valence-electron chi connectivity index (χ1n) is 5.85. The maximum absolute atomic E-state index is 12.1. The Morgan fingerprint density at radius 2 is 1.90 bits per heavy atom. The Morgan fingerprint density at radius 1 is 1.15 bits per heavy atom. The zero-order valence-electron chi connectivity index (χ0n) is 10.6. The predicted octanol–water partition coefficient (Wildman–Crippen LogP) is 4.56. The van der Waals surface area contributed by atoms with Crippen LogP contribution in [0.5, 0.6) is 0 Å². The summed E-state index contributed by atoms with van der Waals surface area (Å²) in [6.45, 7) is 1.48. The van der Waals surface area contributed by atoms with E-state index in [-0.39, 0.29) is 11.7 Å². The Balaban J connectivity index is 2.23. The molecule has 0 radical (unpaired) electrons. The first kappa shape index (κ1) is 14.8. The highest BCUT2D eigenvalue weighted by Gasteiger charge is 2.11. The zero-order chi connectivity index (χ0) is 14.7. The van der Waals surface area contributed by atoms with Crippen molar-refractivity contribution < 1.29 is 9.59 Å². The van der Waals surface area contributed by atoms with Gasteiger partial charge in [0.2, 0.25) is 0 Å². The Kier molecular flexibility index (Phi) is 4.57. The van der Waals surface area contributed by atoms with Crippen LogP contribution >= 0.6 is 27.5 Å². The summed E-state index contributed by atoms with van der Waals surface area (Å²) in [6, 6.07) is 11.8. The maximum atomic E-state index is 12.1. The van der Waals surface area contributed by atoms with Gasteiger partial charge in [-0.3, -0.25) is 9.59 Å². The van der Waals surface area contributed by atoms with Crippen molar-refractivity contribution in [3.63, 3.8) is 0 Å². The van der Waals surface area contributed by atoms with Crippen LogP contribution in [0, 0.1) is 0 Å². The van der Waals surface area contributed by atoms with Crippen molar-refractivity contribution in [2.24, 2.45) is 0 Å². The third-order valence-electron chi connectivity index (χ3n) is 2.70. The monoisotopic (exact) mass is 351 g/mol. The number of rotatable bonds is 3. The largest absolute Gasteiger partial charge is 0.322 e. The second-order valence-corrected chi connectivity index (χ2v) is 5.54. The van der Waals surface area contributed by atoms with E-state index in [1.807, 2.05) is 0 Å². The van der Waals surface area contributed by atoms with E-state index in [0.717, 1.165) is 4.47 Å². The molecule has 0 aromatic heterocycles. The van der Waals surface area contributed by atoms with E-state index in [2.05, 4.69) is 21.2 Å². The van der Waals surface area contributed by atoms with Gasteiger partial charge in [-0.1, -0.05) is 39.7 Å². The third kappa shape index (κ3) is 3.46. The molecule has 0 bridgehead atoms. The summed E-state index contributed by atoms with van der Waals surface area (Å²) in [5.41, 5.74) is 1.48. The van der Waals surface area contributed by atoms with Crippen LogP contribution in [0.2, 0.25) is 5.02 Å². The summed E-state index contributed by atoms with van der Waals surface area (Å²) in [5, 5.41) is 3.08. The lowest BCUT2D eigenvalue weighted by molar-refractivity contribution is 0.101. The van der Waals surface area contributed by atoms with Gasteiger partial charge in [-0.15, -0.1) is 0 Å². The molecule has 0 spiro atoms. The number of nitrogens with one attached hydrogen (secondary N) is 1. The molecule has 2 aromatic carbocycles. The van der Waals surface area contributed by atoms with Gasteiger partial charge >= 0.3 is 0 Å². The van der Waals surface area contributed by atoms with E-state index in [4.69, 9.17) is 11.6 Å². The fraction of sp³-hybridized carbons (Fsp3) is 0.0667. The van der Waals surface area contributed by atoms with Gasteiger partial charge in [0, 0.05) is 15.7 Å². The molecule has 0 unspecified atom stereocenters. The highest BCUT2D eigenvalue weighted by atomic mass is 79.9. The van der Waals surface area contributed by atoms with Gasteiger partial charge in [0.1, 0.15) is 0 Å². The third-order valence-corrected chi connectivity index (χ3v) is 3.51. The van der Waals surface area contributed by atoms with Gasteiger partial charge in [0.05, 0.1) is 10.6 Å². The van der Waals surface area contributed by atoms with E-state index < -0.39 is 0 Å². The summed E-state index contributed by atoms with van der Waals surface area (Å²) in [7, 11) is 0. The van der Waals surface area contributed by atoms with Crippen LogP contribution in [0.25, 0.3) is 0 Å². The molecule has 3 nitrogen and oxygen atoms in total. The highest BCUT2D eigenvalue weighted by Crippen LogP contribution is 2.22. The van der Waals surface area contributed by atoms with E-state index in [1.165, 1.54) is 6.92 Å². The molecular formula is C15H11BrClNO2. The molecule has 20 heavy (non-hydrogen) atoms. The number of carbonyl (C=O) groups is 2. The van der Waals surface area contributed by atoms with Crippen LogP contribution < -0.4 is 5.32 Å².